The van der Waals surface area contributed by atoms with E-state index in [-0.39, 0.29) is 5.69 Å². The maximum Gasteiger partial charge on any atom is 0.354 e. The molecule has 0 saturated carbocycles. The van der Waals surface area contributed by atoms with Crippen LogP contribution < -0.4 is 0 Å². The van der Waals surface area contributed by atoms with Crippen LogP contribution in [0.1, 0.15) is 45.7 Å². The van der Waals surface area contributed by atoms with E-state index in [4.69, 9.17) is 0 Å². The van der Waals surface area contributed by atoms with Gasteiger partial charge in [-0.15, -0.1) is 0 Å². The Balaban J connectivity index is 2.02. The second-order valence-electron chi connectivity index (χ2n) is 5.28. The lowest BCUT2D eigenvalue weighted by atomic mass is 9.91. The average molecular weight is 279 g/mol. The topological polar surface area (TPSA) is 50.2 Å². The monoisotopic (exact) mass is 279 g/mol. The molecule has 1 aliphatic carbocycles. The lowest BCUT2D eigenvalue weighted by Crippen LogP contribution is -2.12. The third-order valence-electron chi connectivity index (χ3n) is 3.81. The maximum atomic E-state index is 11.2. The molecule has 3 nitrogen and oxygen atoms in total. The summed E-state index contributed by atoms with van der Waals surface area (Å²) in [5, 5.41) is 9.21. The van der Waals surface area contributed by atoms with Crippen molar-refractivity contribution >= 4 is 18.1 Å². The highest BCUT2D eigenvalue weighted by Gasteiger charge is 2.17. The van der Waals surface area contributed by atoms with Crippen molar-refractivity contribution in [2.75, 3.05) is 0 Å². The van der Waals surface area contributed by atoms with Crippen molar-refractivity contribution in [1.82, 2.24) is 4.98 Å². The first-order valence-electron chi connectivity index (χ1n) is 7.23. The normalized spacial score (nSPS) is 14.1. The first kappa shape index (κ1) is 13.6. The fourth-order valence-corrected chi connectivity index (χ4v) is 2.74. The van der Waals surface area contributed by atoms with Gasteiger partial charge in [0.05, 0.1) is 0 Å². The second kappa shape index (κ2) is 5.92. The quantitative estimate of drug-likeness (QED) is 0.929. The molecule has 1 heterocycles. The first-order valence-corrected chi connectivity index (χ1v) is 7.23. The summed E-state index contributed by atoms with van der Waals surface area (Å²) in [7, 11) is 0. The molecule has 0 radical (unpaired) electrons. The summed E-state index contributed by atoms with van der Waals surface area (Å²) < 4.78 is 0. The summed E-state index contributed by atoms with van der Waals surface area (Å²) in [5.41, 5.74) is 4.40. The fraction of sp³-hybridized carbons (Fsp3) is 0.222. The van der Waals surface area contributed by atoms with Gasteiger partial charge in [-0.25, -0.2) is 9.78 Å². The van der Waals surface area contributed by atoms with E-state index in [1.54, 1.807) is 6.07 Å². The summed E-state index contributed by atoms with van der Waals surface area (Å²) in [4.78, 5) is 15.5. The van der Waals surface area contributed by atoms with E-state index >= 15 is 0 Å². The summed E-state index contributed by atoms with van der Waals surface area (Å²) in [6.07, 6.45) is 8.13. The van der Waals surface area contributed by atoms with Crippen molar-refractivity contribution in [2.45, 2.75) is 25.7 Å². The van der Waals surface area contributed by atoms with Crippen LogP contribution in [0.5, 0.6) is 0 Å². The van der Waals surface area contributed by atoms with E-state index in [0.717, 1.165) is 42.5 Å². The molecule has 0 bridgehead atoms. The zero-order valence-corrected chi connectivity index (χ0v) is 11.7. The zero-order chi connectivity index (χ0) is 14.7. The second-order valence-corrected chi connectivity index (χ2v) is 5.28. The molecule has 1 aromatic carbocycles. The van der Waals surface area contributed by atoms with Crippen molar-refractivity contribution in [3.05, 3.63) is 64.5 Å². The van der Waals surface area contributed by atoms with Gasteiger partial charge >= 0.3 is 5.97 Å². The van der Waals surface area contributed by atoms with Crippen molar-refractivity contribution in [2.24, 2.45) is 0 Å². The van der Waals surface area contributed by atoms with Gasteiger partial charge in [-0.05, 0) is 48.4 Å². The molecule has 0 unspecified atom stereocenters. The minimum Gasteiger partial charge on any atom is -0.477 e. The van der Waals surface area contributed by atoms with E-state index in [0.29, 0.717) is 0 Å². The molecule has 1 N–H and O–H groups in total. The third kappa shape index (κ3) is 3.02. The van der Waals surface area contributed by atoms with Gasteiger partial charge in [0, 0.05) is 5.69 Å². The Bertz CT molecular complexity index is 690. The summed E-state index contributed by atoms with van der Waals surface area (Å²) in [6, 6.07) is 11.7. The maximum absolute atomic E-state index is 11.2. The number of pyridine rings is 1. The van der Waals surface area contributed by atoms with Gasteiger partial charge in [0.1, 0.15) is 5.69 Å². The first-order chi connectivity index (χ1) is 10.2. The van der Waals surface area contributed by atoms with Crippen molar-refractivity contribution in [3.63, 3.8) is 0 Å². The van der Waals surface area contributed by atoms with Crippen LogP contribution in [-0.2, 0) is 12.8 Å². The molecule has 0 aliphatic heterocycles. The van der Waals surface area contributed by atoms with Crippen LogP contribution in [0.15, 0.2) is 36.4 Å². The molecule has 2 aromatic rings. The molecule has 106 valence electrons. The number of fused-ring (bicyclic) bond motifs is 1. The van der Waals surface area contributed by atoms with Gasteiger partial charge in [-0.1, -0.05) is 42.5 Å². The van der Waals surface area contributed by atoms with Gasteiger partial charge < -0.3 is 5.11 Å². The van der Waals surface area contributed by atoms with E-state index in [9.17, 15) is 9.90 Å². The average Bonchev–Trinajstić information content (AvgIpc) is 2.53. The standard InChI is InChI=1S/C18H17NO2/c20-18(21)17-12-14(11-10-13-6-2-1-3-7-13)15-8-4-5-9-16(15)19-17/h1-3,6-7,10-12H,4-5,8-9H2,(H,20,21)/b11-10+. The van der Waals surface area contributed by atoms with Gasteiger partial charge in [-0.2, -0.15) is 0 Å². The molecule has 0 atom stereocenters. The van der Waals surface area contributed by atoms with Gasteiger partial charge in [0.15, 0.2) is 0 Å². The van der Waals surface area contributed by atoms with Gasteiger partial charge in [0.2, 0.25) is 0 Å². The number of benzene rings is 1. The van der Waals surface area contributed by atoms with E-state index in [2.05, 4.69) is 4.98 Å². The summed E-state index contributed by atoms with van der Waals surface area (Å²) in [5.74, 6) is -0.960. The number of hydrogen-bond acceptors (Lipinski definition) is 2. The molecule has 3 rings (SSSR count). The lowest BCUT2D eigenvalue weighted by Gasteiger charge is -2.17. The predicted molar refractivity (Wildman–Crippen MR) is 83.2 cm³/mol. The number of aromatic nitrogens is 1. The van der Waals surface area contributed by atoms with Crippen LogP contribution in [-0.4, -0.2) is 16.1 Å². The third-order valence-corrected chi connectivity index (χ3v) is 3.81. The number of aryl methyl sites for hydroxylation is 1. The van der Waals surface area contributed by atoms with E-state index < -0.39 is 5.97 Å². The lowest BCUT2D eigenvalue weighted by molar-refractivity contribution is 0.0690. The minimum absolute atomic E-state index is 0.142. The van der Waals surface area contributed by atoms with Crippen molar-refractivity contribution < 1.29 is 9.90 Å². The largest absolute Gasteiger partial charge is 0.477 e. The predicted octanol–water partition coefficient (Wildman–Crippen LogP) is 3.83. The molecule has 1 aromatic heterocycles. The Morgan fingerprint density at radius 2 is 1.86 bits per heavy atom. The van der Waals surface area contributed by atoms with Crippen LogP contribution in [0.2, 0.25) is 0 Å². The summed E-state index contributed by atoms with van der Waals surface area (Å²) in [6.45, 7) is 0. The molecular formula is C18H17NO2. The Morgan fingerprint density at radius 1 is 1.10 bits per heavy atom. The molecule has 1 aliphatic rings. The van der Waals surface area contributed by atoms with Crippen molar-refractivity contribution in [1.29, 1.82) is 0 Å². The van der Waals surface area contributed by atoms with Crippen LogP contribution >= 0.6 is 0 Å². The number of carbonyl (C=O) groups is 1. The Kier molecular flexibility index (Phi) is 3.82. The Hall–Kier alpha value is -2.42. The number of hydrogen-bond donors (Lipinski definition) is 1. The zero-order valence-electron chi connectivity index (χ0n) is 11.7. The Labute approximate surface area is 124 Å². The highest BCUT2D eigenvalue weighted by atomic mass is 16.4. The van der Waals surface area contributed by atoms with Crippen LogP contribution in [0, 0.1) is 0 Å². The molecule has 21 heavy (non-hydrogen) atoms. The Morgan fingerprint density at radius 3 is 2.62 bits per heavy atom. The SMILES string of the molecule is O=C(O)c1cc(/C=C/c2ccccc2)c2c(n1)CCCC2. The van der Waals surface area contributed by atoms with Crippen LogP contribution in [0.3, 0.4) is 0 Å². The molecule has 0 fully saturated rings. The number of aromatic carboxylic acids is 1. The number of rotatable bonds is 3. The van der Waals surface area contributed by atoms with Gasteiger partial charge in [0.25, 0.3) is 0 Å². The fourth-order valence-electron chi connectivity index (χ4n) is 2.74. The van der Waals surface area contributed by atoms with Crippen LogP contribution in [0.4, 0.5) is 0 Å². The van der Waals surface area contributed by atoms with Crippen LogP contribution in [0.25, 0.3) is 12.2 Å². The smallest absolute Gasteiger partial charge is 0.354 e. The molecule has 0 amide bonds. The number of carboxylic acid groups (broad SMARTS) is 1. The van der Waals surface area contributed by atoms with Gasteiger partial charge in [-0.3, -0.25) is 0 Å². The highest BCUT2D eigenvalue weighted by Crippen LogP contribution is 2.25. The molecule has 3 heteroatoms. The number of carboxylic acids is 1. The van der Waals surface area contributed by atoms with E-state index in [1.807, 2.05) is 42.5 Å². The molecule has 0 saturated heterocycles. The summed E-state index contributed by atoms with van der Waals surface area (Å²) >= 11 is 0. The highest BCUT2D eigenvalue weighted by molar-refractivity contribution is 5.87. The minimum atomic E-state index is -0.960. The van der Waals surface area contributed by atoms with Crippen molar-refractivity contribution in [3.8, 4) is 0 Å². The van der Waals surface area contributed by atoms with E-state index in [1.165, 1.54) is 5.56 Å². The number of nitrogens with zero attached hydrogens (tertiary/aromatic N) is 1. The molecule has 0 spiro atoms. The molecular weight excluding hydrogens is 262 g/mol.